The van der Waals surface area contributed by atoms with Gasteiger partial charge in [-0.15, -0.1) is 0 Å². The molecule has 0 aliphatic rings. The van der Waals surface area contributed by atoms with E-state index in [2.05, 4.69) is 0 Å². The van der Waals surface area contributed by atoms with Crippen LogP contribution >= 0.6 is 0 Å². The number of carboxylic acid groups (broad SMARTS) is 1. The van der Waals surface area contributed by atoms with Gasteiger partial charge >= 0.3 is 29.6 Å². The van der Waals surface area contributed by atoms with E-state index in [1.54, 1.807) is 0 Å². The van der Waals surface area contributed by atoms with Gasteiger partial charge in [-0.3, -0.25) is 4.55 Å². The number of hydrogen-bond acceptors (Lipinski definition) is 4. The summed E-state index contributed by atoms with van der Waals surface area (Å²) in [5.74, 6) is -2.47. The summed E-state index contributed by atoms with van der Waals surface area (Å²) in [5.41, 5.74) is 0. The third kappa shape index (κ3) is 4.42. The fourth-order valence-corrected chi connectivity index (χ4v) is 1.67. The summed E-state index contributed by atoms with van der Waals surface area (Å²) in [7, 11) is -4.53. The molecule has 0 bridgehead atoms. The van der Waals surface area contributed by atoms with Crippen LogP contribution in [-0.2, 0) is 14.9 Å². The molecule has 0 spiro atoms. The monoisotopic (exact) mass is 204 g/mol. The average molecular weight is 204 g/mol. The zero-order valence-electron chi connectivity index (χ0n) is 7.14. The van der Waals surface area contributed by atoms with E-state index in [4.69, 9.17) is 4.55 Å². The Bertz CT molecular complexity index is 245. The normalized spacial score (nSPS) is 13.7. The van der Waals surface area contributed by atoms with Gasteiger partial charge in [-0.25, -0.2) is 0 Å². The van der Waals surface area contributed by atoms with Crippen molar-refractivity contribution < 1.29 is 52.4 Å². The van der Waals surface area contributed by atoms with Gasteiger partial charge in [0.2, 0.25) is 0 Å². The van der Waals surface area contributed by atoms with Gasteiger partial charge in [0.1, 0.15) is 5.25 Å². The molecule has 7 heteroatoms. The first-order valence-corrected chi connectivity index (χ1v) is 4.44. The molecule has 0 saturated heterocycles. The minimum absolute atomic E-state index is 0. The Balaban J connectivity index is 0. The maximum atomic E-state index is 10.3. The van der Waals surface area contributed by atoms with Crippen molar-refractivity contribution in [3.63, 3.8) is 0 Å². The Labute approximate surface area is 93.2 Å². The Morgan fingerprint density at radius 3 is 1.75 bits per heavy atom. The molecule has 0 radical (unpaired) electrons. The van der Waals surface area contributed by atoms with E-state index in [0.29, 0.717) is 0 Å². The molecule has 1 N–H and O–H groups in total. The second-order valence-corrected chi connectivity index (χ2v) is 4.04. The second-order valence-electron chi connectivity index (χ2n) is 2.50. The molecule has 1 unspecified atom stereocenters. The summed E-state index contributed by atoms with van der Waals surface area (Å²) < 4.78 is 29.1. The number of aliphatic carboxylic acids is 1. The predicted molar refractivity (Wildman–Crippen MR) is 35.2 cm³/mol. The van der Waals surface area contributed by atoms with E-state index >= 15 is 0 Å². The van der Waals surface area contributed by atoms with Gasteiger partial charge in [0, 0.05) is 0 Å². The van der Waals surface area contributed by atoms with Crippen LogP contribution < -0.4 is 34.7 Å². The summed E-state index contributed by atoms with van der Waals surface area (Å²) in [6.45, 7) is 2.74. The van der Waals surface area contributed by atoms with Crippen LogP contribution in [0.5, 0.6) is 0 Å². The zero-order valence-corrected chi connectivity index (χ0v) is 9.96. The van der Waals surface area contributed by atoms with Crippen LogP contribution in [0.2, 0.25) is 0 Å². The molecule has 1 atom stereocenters. The fraction of sp³-hybridized carbons (Fsp3) is 0.800. The summed E-state index contributed by atoms with van der Waals surface area (Å²) in [6, 6.07) is 0. The molecule has 0 aromatic heterocycles. The molecule has 0 fully saturated rings. The predicted octanol–water partition coefficient (Wildman–Crippen LogP) is -4.35. The van der Waals surface area contributed by atoms with Crippen molar-refractivity contribution >= 4 is 16.1 Å². The maximum absolute atomic E-state index is 10.3. The minimum Gasteiger partial charge on any atom is -0.549 e. The Morgan fingerprint density at radius 1 is 1.42 bits per heavy atom. The van der Waals surface area contributed by atoms with E-state index in [-0.39, 0.29) is 29.6 Å². The first kappa shape index (κ1) is 14.9. The van der Waals surface area contributed by atoms with Gasteiger partial charge in [-0.2, -0.15) is 8.42 Å². The van der Waals surface area contributed by atoms with Crippen LogP contribution in [0.3, 0.4) is 0 Å². The van der Waals surface area contributed by atoms with E-state index in [9.17, 15) is 18.3 Å². The van der Waals surface area contributed by atoms with Crippen LogP contribution in [0.4, 0.5) is 0 Å². The standard InChI is InChI=1S/C5H10O5S.Na/c1-3(2)4(5(6)7)11(8,9)10;/h3-4H,1-2H3,(H,6,7)(H,8,9,10);/q;+1/p-1. The van der Waals surface area contributed by atoms with E-state index < -0.39 is 27.3 Å². The van der Waals surface area contributed by atoms with Gasteiger partial charge in [-0.05, 0) is 5.92 Å². The molecule has 0 rings (SSSR count). The Hall–Kier alpha value is 0.380. The van der Waals surface area contributed by atoms with Crippen molar-refractivity contribution in [2.75, 3.05) is 0 Å². The molecule has 12 heavy (non-hydrogen) atoms. The first-order valence-electron chi connectivity index (χ1n) is 2.94. The zero-order chi connectivity index (χ0) is 9.23. The minimum atomic E-state index is -4.53. The molecule has 0 aliphatic carbocycles. The van der Waals surface area contributed by atoms with Crippen LogP contribution in [0.15, 0.2) is 0 Å². The second kappa shape index (κ2) is 5.18. The average Bonchev–Trinajstić information content (AvgIpc) is 1.54. The third-order valence-corrected chi connectivity index (χ3v) is 2.54. The molecule has 0 aromatic rings. The van der Waals surface area contributed by atoms with Gasteiger partial charge in [-0.1, -0.05) is 13.8 Å². The van der Waals surface area contributed by atoms with E-state index in [1.165, 1.54) is 13.8 Å². The largest absolute Gasteiger partial charge is 1.00 e. The van der Waals surface area contributed by atoms with Crippen LogP contribution in [0, 0.1) is 5.92 Å². The van der Waals surface area contributed by atoms with Gasteiger partial charge in [0.05, 0.1) is 5.97 Å². The quantitative estimate of drug-likeness (QED) is 0.370. The molecular formula is C5H9NaO5S. The summed E-state index contributed by atoms with van der Waals surface area (Å²) >= 11 is 0. The number of rotatable bonds is 3. The summed E-state index contributed by atoms with van der Waals surface area (Å²) in [6.07, 6.45) is 0. The van der Waals surface area contributed by atoms with Crippen LogP contribution in [0.25, 0.3) is 0 Å². The van der Waals surface area contributed by atoms with Crippen molar-refractivity contribution in [3.8, 4) is 0 Å². The third-order valence-electron chi connectivity index (χ3n) is 1.16. The molecule has 0 heterocycles. The van der Waals surface area contributed by atoms with E-state index in [1.807, 2.05) is 0 Å². The number of carbonyl (C=O) groups is 1. The van der Waals surface area contributed by atoms with Gasteiger partial charge < -0.3 is 9.90 Å². The molecule has 5 nitrogen and oxygen atoms in total. The smallest absolute Gasteiger partial charge is 0.549 e. The molecule has 0 saturated carbocycles. The molecular weight excluding hydrogens is 195 g/mol. The topological polar surface area (TPSA) is 94.5 Å². The number of carbonyl (C=O) groups excluding carboxylic acids is 1. The number of hydrogen-bond donors (Lipinski definition) is 1. The van der Waals surface area contributed by atoms with Crippen LogP contribution in [0.1, 0.15) is 13.8 Å². The first-order chi connectivity index (χ1) is 4.76. The Kier molecular flexibility index (Phi) is 6.43. The van der Waals surface area contributed by atoms with Crippen molar-refractivity contribution in [1.29, 1.82) is 0 Å². The Morgan fingerprint density at radius 2 is 1.75 bits per heavy atom. The maximum Gasteiger partial charge on any atom is 1.00 e. The van der Waals surface area contributed by atoms with Crippen LogP contribution in [-0.4, -0.2) is 24.2 Å². The van der Waals surface area contributed by atoms with Crippen molar-refractivity contribution in [2.24, 2.45) is 5.92 Å². The molecule has 0 aliphatic heterocycles. The van der Waals surface area contributed by atoms with E-state index in [0.717, 1.165) is 0 Å². The van der Waals surface area contributed by atoms with Crippen molar-refractivity contribution in [2.45, 2.75) is 19.1 Å². The molecule has 66 valence electrons. The van der Waals surface area contributed by atoms with Crippen molar-refractivity contribution in [3.05, 3.63) is 0 Å². The molecule has 0 amide bonds. The molecule has 0 aromatic carbocycles. The summed E-state index contributed by atoms with van der Waals surface area (Å²) in [4.78, 5) is 10.1. The van der Waals surface area contributed by atoms with Gasteiger partial charge in [0.15, 0.2) is 0 Å². The SMILES string of the molecule is CC(C)C(C(=O)[O-])S(=O)(=O)O.[Na+]. The van der Waals surface area contributed by atoms with Gasteiger partial charge in [0.25, 0.3) is 10.1 Å². The fourth-order valence-electron chi connectivity index (χ4n) is 0.738. The number of carboxylic acids is 1. The summed E-state index contributed by atoms with van der Waals surface area (Å²) in [5, 5.41) is 8.31. The van der Waals surface area contributed by atoms with Crippen molar-refractivity contribution in [1.82, 2.24) is 0 Å².